The number of aliphatic hydroxyl groups is 1. The van der Waals surface area contributed by atoms with Crippen molar-refractivity contribution in [3.05, 3.63) is 29.8 Å². The minimum atomic E-state index is -0.512. The Bertz CT molecular complexity index is 371. The molecule has 0 aliphatic carbocycles. The second-order valence-electron chi connectivity index (χ2n) is 4.24. The summed E-state index contributed by atoms with van der Waals surface area (Å²) in [5, 5.41) is 9.36. The van der Waals surface area contributed by atoms with Crippen LogP contribution < -0.4 is 4.74 Å². The molecule has 0 aromatic heterocycles. The van der Waals surface area contributed by atoms with Gasteiger partial charge in [-0.1, -0.05) is 12.1 Å². The van der Waals surface area contributed by atoms with Crippen molar-refractivity contribution in [2.24, 2.45) is 0 Å². The molecule has 1 aromatic rings. The van der Waals surface area contributed by atoms with Crippen molar-refractivity contribution in [3.63, 3.8) is 0 Å². The number of aliphatic hydroxyl groups excluding tert-OH is 1. The molecule has 0 fully saturated rings. The summed E-state index contributed by atoms with van der Waals surface area (Å²) >= 11 is 0. The quantitative estimate of drug-likeness (QED) is 0.865. The summed E-state index contributed by atoms with van der Waals surface area (Å²) in [5.41, 5.74) is 0.823. The van der Waals surface area contributed by atoms with Gasteiger partial charge in [-0.2, -0.15) is 0 Å². The summed E-state index contributed by atoms with van der Waals surface area (Å²) in [4.78, 5) is 13.1. The lowest BCUT2D eigenvalue weighted by molar-refractivity contribution is -0.135. The molecule has 0 bridgehead atoms. The molecule has 0 aliphatic rings. The molecule has 1 rings (SSSR count). The molecule has 1 N–H and O–H groups in total. The van der Waals surface area contributed by atoms with Gasteiger partial charge in [-0.25, -0.2) is 0 Å². The number of hydrogen-bond acceptors (Lipinski definition) is 3. The van der Waals surface area contributed by atoms with Crippen molar-refractivity contribution in [1.82, 2.24) is 4.90 Å². The summed E-state index contributed by atoms with van der Waals surface area (Å²) in [6.45, 7) is 3.42. The maximum Gasteiger partial charge on any atom is 0.262 e. The van der Waals surface area contributed by atoms with E-state index in [-0.39, 0.29) is 5.91 Å². The van der Waals surface area contributed by atoms with E-state index in [2.05, 4.69) is 0 Å². The topological polar surface area (TPSA) is 49.8 Å². The monoisotopic (exact) mass is 237 g/mol. The van der Waals surface area contributed by atoms with Gasteiger partial charge < -0.3 is 14.7 Å². The molecule has 1 aromatic carbocycles. The van der Waals surface area contributed by atoms with Gasteiger partial charge in [0.2, 0.25) is 0 Å². The van der Waals surface area contributed by atoms with Crippen LogP contribution in [0.2, 0.25) is 0 Å². The van der Waals surface area contributed by atoms with Crippen LogP contribution in [0.1, 0.15) is 25.5 Å². The van der Waals surface area contributed by atoms with Crippen molar-refractivity contribution >= 4 is 5.91 Å². The highest BCUT2D eigenvalue weighted by atomic mass is 16.5. The Morgan fingerprint density at radius 2 is 1.76 bits per heavy atom. The highest BCUT2D eigenvalue weighted by Gasteiger charge is 2.16. The van der Waals surface area contributed by atoms with E-state index in [1.807, 2.05) is 0 Å². The number of carbonyl (C=O) groups is 1. The predicted octanol–water partition coefficient (Wildman–Crippen LogP) is 1.60. The SMILES string of the molecule is CC(Oc1ccc([C@H](C)O)cc1)C(=O)N(C)C. The van der Waals surface area contributed by atoms with Gasteiger partial charge in [-0.05, 0) is 31.5 Å². The molecule has 1 unspecified atom stereocenters. The Balaban J connectivity index is 2.66. The summed E-state index contributed by atoms with van der Waals surface area (Å²) in [7, 11) is 3.39. The van der Waals surface area contributed by atoms with Crippen LogP contribution in [0.5, 0.6) is 5.75 Å². The van der Waals surface area contributed by atoms with E-state index < -0.39 is 12.2 Å². The van der Waals surface area contributed by atoms with Gasteiger partial charge in [0, 0.05) is 14.1 Å². The van der Waals surface area contributed by atoms with Crippen LogP contribution in [0.25, 0.3) is 0 Å². The van der Waals surface area contributed by atoms with E-state index >= 15 is 0 Å². The first-order valence-electron chi connectivity index (χ1n) is 5.57. The number of likely N-dealkylation sites (N-methyl/N-ethyl adjacent to an activating group) is 1. The van der Waals surface area contributed by atoms with Crippen molar-refractivity contribution in [3.8, 4) is 5.75 Å². The smallest absolute Gasteiger partial charge is 0.262 e. The average Bonchev–Trinajstić information content (AvgIpc) is 2.28. The van der Waals surface area contributed by atoms with Gasteiger partial charge in [0.25, 0.3) is 5.91 Å². The molecule has 0 aliphatic heterocycles. The first kappa shape index (κ1) is 13.5. The summed E-state index contributed by atoms with van der Waals surface area (Å²) in [6, 6.07) is 7.07. The Hall–Kier alpha value is -1.55. The molecule has 0 saturated carbocycles. The molecule has 0 spiro atoms. The highest BCUT2D eigenvalue weighted by molar-refractivity contribution is 5.80. The Morgan fingerprint density at radius 3 is 2.18 bits per heavy atom. The lowest BCUT2D eigenvalue weighted by Gasteiger charge is -2.18. The molecule has 4 nitrogen and oxygen atoms in total. The van der Waals surface area contributed by atoms with Crippen LogP contribution >= 0.6 is 0 Å². The number of amides is 1. The molecule has 0 heterocycles. The lowest BCUT2D eigenvalue weighted by Crippen LogP contribution is -2.35. The summed E-state index contributed by atoms with van der Waals surface area (Å²) < 4.78 is 5.50. The maximum absolute atomic E-state index is 11.6. The number of nitrogens with zero attached hydrogens (tertiary/aromatic N) is 1. The van der Waals surface area contributed by atoms with Gasteiger partial charge >= 0.3 is 0 Å². The van der Waals surface area contributed by atoms with E-state index in [1.54, 1.807) is 52.2 Å². The van der Waals surface area contributed by atoms with Gasteiger partial charge in [-0.3, -0.25) is 4.79 Å². The van der Waals surface area contributed by atoms with Crippen molar-refractivity contribution in [2.75, 3.05) is 14.1 Å². The molecule has 17 heavy (non-hydrogen) atoms. The van der Waals surface area contributed by atoms with E-state index in [0.29, 0.717) is 5.75 Å². The standard InChI is InChI=1S/C13H19NO3/c1-9(15)11-5-7-12(8-6-11)17-10(2)13(16)14(3)4/h5-10,15H,1-4H3/t9-,10?/m0/s1. The predicted molar refractivity (Wildman–Crippen MR) is 65.9 cm³/mol. The van der Waals surface area contributed by atoms with Crippen molar-refractivity contribution < 1.29 is 14.6 Å². The molecule has 4 heteroatoms. The van der Waals surface area contributed by atoms with E-state index in [1.165, 1.54) is 4.90 Å². The number of rotatable bonds is 4. The zero-order valence-corrected chi connectivity index (χ0v) is 10.7. The largest absolute Gasteiger partial charge is 0.481 e. The normalized spacial score (nSPS) is 13.9. The molecular weight excluding hydrogens is 218 g/mol. The number of ether oxygens (including phenoxy) is 1. The molecular formula is C13H19NO3. The molecule has 2 atom stereocenters. The van der Waals surface area contributed by atoms with E-state index in [4.69, 9.17) is 4.74 Å². The van der Waals surface area contributed by atoms with Crippen LogP contribution in [0.4, 0.5) is 0 Å². The zero-order chi connectivity index (χ0) is 13.0. The second-order valence-corrected chi connectivity index (χ2v) is 4.24. The Morgan fingerprint density at radius 1 is 1.24 bits per heavy atom. The highest BCUT2D eigenvalue weighted by Crippen LogP contribution is 2.18. The van der Waals surface area contributed by atoms with Crippen LogP contribution in [-0.2, 0) is 4.79 Å². The fraction of sp³-hybridized carbons (Fsp3) is 0.462. The fourth-order valence-corrected chi connectivity index (χ4v) is 1.44. The number of carbonyl (C=O) groups excluding carboxylic acids is 1. The Labute approximate surface area is 102 Å². The Kier molecular flexibility index (Phi) is 4.52. The zero-order valence-electron chi connectivity index (χ0n) is 10.7. The van der Waals surface area contributed by atoms with Crippen molar-refractivity contribution in [1.29, 1.82) is 0 Å². The van der Waals surface area contributed by atoms with Gasteiger partial charge in [0.15, 0.2) is 6.10 Å². The van der Waals surface area contributed by atoms with Crippen LogP contribution in [0.3, 0.4) is 0 Å². The first-order valence-corrected chi connectivity index (χ1v) is 5.57. The van der Waals surface area contributed by atoms with Crippen LogP contribution in [0.15, 0.2) is 24.3 Å². The van der Waals surface area contributed by atoms with E-state index in [0.717, 1.165) is 5.56 Å². The van der Waals surface area contributed by atoms with Crippen LogP contribution in [-0.4, -0.2) is 36.1 Å². The van der Waals surface area contributed by atoms with Gasteiger partial charge in [0.1, 0.15) is 5.75 Å². The van der Waals surface area contributed by atoms with Gasteiger partial charge in [-0.15, -0.1) is 0 Å². The molecule has 94 valence electrons. The van der Waals surface area contributed by atoms with E-state index in [9.17, 15) is 9.90 Å². The molecule has 0 saturated heterocycles. The average molecular weight is 237 g/mol. The summed E-state index contributed by atoms with van der Waals surface area (Å²) in [5.74, 6) is 0.543. The summed E-state index contributed by atoms with van der Waals surface area (Å²) in [6.07, 6.45) is -1.01. The number of hydrogen-bond donors (Lipinski definition) is 1. The fourth-order valence-electron chi connectivity index (χ4n) is 1.44. The third kappa shape index (κ3) is 3.75. The third-order valence-electron chi connectivity index (χ3n) is 2.46. The maximum atomic E-state index is 11.6. The molecule has 0 radical (unpaired) electrons. The van der Waals surface area contributed by atoms with Crippen molar-refractivity contribution in [2.45, 2.75) is 26.1 Å². The number of benzene rings is 1. The second kappa shape index (κ2) is 5.68. The van der Waals surface area contributed by atoms with Gasteiger partial charge in [0.05, 0.1) is 6.10 Å². The minimum absolute atomic E-state index is 0.0791. The molecule has 1 amide bonds. The van der Waals surface area contributed by atoms with Crippen LogP contribution in [0, 0.1) is 0 Å². The lowest BCUT2D eigenvalue weighted by atomic mass is 10.1. The third-order valence-corrected chi connectivity index (χ3v) is 2.46. The minimum Gasteiger partial charge on any atom is -0.481 e. The first-order chi connectivity index (χ1) is 7.91.